The zero-order valence-electron chi connectivity index (χ0n) is 9.18. The molecule has 0 radical (unpaired) electrons. The third-order valence-corrected chi connectivity index (χ3v) is 3.53. The van der Waals surface area contributed by atoms with Crippen molar-refractivity contribution >= 4 is 27.0 Å². The maximum absolute atomic E-state index is 9.89. The minimum Gasteiger partial charge on any atom is -0.507 e. The van der Waals surface area contributed by atoms with Crippen LogP contribution in [0.25, 0.3) is 22.4 Å². The number of rotatable bonds is 1. The number of benzene rings is 2. The van der Waals surface area contributed by atoms with Gasteiger partial charge in [0.05, 0.1) is 21.1 Å². The molecule has 0 saturated carbocycles. The predicted molar refractivity (Wildman–Crippen MR) is 72.6 cm³/mol. The molecule has 3 N–H and O–H groups in total. The minimum absolute atomic E-state index is 0.0544. The quantitative estimate of drug-likeness (QED) is 0.603. The van der Waals surface area contributed by atoms with E-state index in [1.807, 2.05) is 24.3 Å². The van der Waals surface area contributed by atoms with Gasteiger partial charge < -0.3 is 15.2 Å². The number of hydrogen-bond acceptors (Lipinski definition) is 3. The Morgan fingerprint density at radius 3 is 2.50 bits per heavy atom. The molecule has 0 amide bonds. The second-order valence-corrected chi connectivity index (χ2v) is 4.69. The number of imidazole rings is 1. The summed E-state index contributed by atoms with van der Waals surface area (Å²) < 4.78 is 0.418. The SMILES string of the molecule is Oc1ccc(O)c(-c2nc3ccccc3[nH]2)c1Br. The van der Waals surface area contributed by atoms with E-state index in [4.69, 9.17) is 0 Å². The molecule has 3 aromatic rings. The Balaban J connectivity index is 2.29. The number of halogens is 1. The molecule has 0 fully saturated rings. The summed E-state index contributed by atoms with van der Waals surface area (Å²) in [6, 6.07) is 10.4. The predicted octanol–water partition coefficient (Wildman–Crippen LogP) is 3.40. The van der Waals surface area contributed by atoms with Crippen molar-refractivity contribution < 1.29 is 10.2 Å². The van der Waals surface area contributed by atoms with Gasteiger partial charge in [-0.15, -0.1) is 0 Å². The van der Waals surface area contributed by atoms with Crippen LogP contribution in [0.5, 0.6) is 11.5 Å². The summed E-state index contributed by atoms with van der Waals surface area (Å²) in [5, 5.41) is 19.6. The van der Waals surface area contributed by atoms with Crippen LogP contribution < -0.4 is 0 Å². The van der Waals surface area contributed by atoms with E-state index in [0.717, 1.165) is 11.0 Å². The first-order valence-corrected chi connectivity index (χ1v) is 6.11. The van der Waals surface area contributed by atoms with Crippen molar-refractivity contribution in [3.05, 3.63) is 40.9 Å². The maximum Gasteiger partial charge on any atom is 0.143 e. The molecule has 0 atom stereocenters. The molecule has 90 valence electrons. The van der Waals surface area contributed by atoms with Crippen LogP contribution in [0.4, 0.5) is 0 Å². The van der Waals surface area contributed by atoms with Gasteiger partial charge in [-0.2, -0.15) is 0 Å². The molecule has 0 aliphatic carbocycles. The van der Waals surface area contributed by atoms with Gasteiger partial charge in [0, 0.05) is 0 Å². The highest BCUT2D eigenvalue weighted by molar-refractivity contribution is 9.10. The molecular formula is C13H9BrN2O2. The summed E-state index contributed by atoms with van der Waals surface area (Å²) in [5.74, 6) is 0.624. The minimum atomic E-state index is 0.0544. The van der Waals surface area contributed by atoms with Gasteiger partial charge in [0.25, 0.3) is 0 Å². The van der Waals surface area contributed by atoms with Crippen molar-refractivity contribution in [1.29, 1.82) is 0 Å². The number of aromatic amines is 1. The zero-order valence-corrected chi connectivity index (χ0v) is 10.8. The summed E-state index contributed by atoms with van der Waals surface area (Å²) in [7, 11) is 0. The van der Waals surface area contributed by atoms with E-state index in [0.29, 0.717) is 15.9 Å². The summed E-state index contributed by atoms with van der Waals surface area (Å²) in [6.07, 6.45) is 0. The normalized spacial score (nSPS) is 10.9. The van der Waals surface area contributed by atoms with Crippen LogP contribution in [0.2, 0.25) is 0 Å². The zero-order chi connectivity index (χ0) is 12.7. The lowest BCUT2D eigenvalue weighted by Crippen LogP contribution is -1.84. The summed E-state index contributed by atoms with van der Waals surface area (Å²) in [6.45, 7) is 0. The fraction of sp³-hybridized carbons (Fsp3) is 0. The number of aromatic hydroxyl groups is 2. The third-order valence-electron chi connectivity index (χ3n) is 2.73. The van der Waals surface area contributed by atoms with E-state index < -0.39 is 0 Å². The Bertz CT molecular complexity index is 704. The molecule has 0 aliphatic heterocycles. The van der Waals surface area contributed by atoms with Crippen molar-refractivity contribution in [2.75, 3.05) is 0 Å². The number of H-pyrrole nitrogens is 1. The first-order chi connectivity index (χ1) is 8.66. The van der Waals surface area contributed by atoms with Gasteiger partial charge in [-0.05, 0) is 40.2 Å². The van der Waals surface area contributed by atoms with Crippen LogP contribution in [0.3, 0.4) is 0 Å². The summed E-state index contributed by atoms with van der Waals surface area (Å²) in [5.41, 5.74) is 2.13. The van der Waals surface area contributed by atoms with Gasteiger partial charge in [-0.25, -0.2) is 4.98 Å². The number of nitrogens with zero attached hydrogens (tertiary/aromatic N) is 1. The largest absolute Gasteiger partial charge is 0.507 e. The molecule has 0 aliphatic rings. The van der Waals surface area contributed by atoms with E-state index in [1.54, 1.807) is 0 Å². The molecule has 1 aromatic heterocycles. The molecule has 0 saturated heterocycles. The molecule has 0 bridgehead atoms. The average molecular weight is 305 g/mol. The Labute approximate surface area is 111 Å². The number of fused-ring (bicyclic) bond motifs is 1. The number of aromatic nitrogens is 2. The van der Waals surface area contributed by atoms with Gasteiger partial charge >= 0.3 is 0 Å². The van der Waals surface area contributed by atoms with Gasteiger partial charge in [-0.3, -0.25) is 0 Å². The van der Waals surface area contributed by atoms with Crippen molar-refractivity contribution in [2.24, 2.45) is 0 Å². The molecule has 5 heteroatoms. The number of phenolic OH excluding ortho intramolecular Hbond substituents is 2. The highest BCUT2D eigenvalue weighted by Crippen LogP contribution is 2.40. The number of hydrogen-bond donors (Lipinski definition) is 3. The van der Waals surface area contributed by atoms with Crippen LogP contribution >= 0.6 is 15.9 Å². The summed E-state index contributed by atoms with van der Waals surface area (Å²) >= 11 is 3.25. The lowest BCUT2D eigenvalue weighted by Gasteiger charge is -2.05. The van der Waals surface area contributed by atoms with E-state index in [2.05, 4.69) is 25.9 Å². The van der Waals surface area contributed by atoms with Crippen molar-refractivity contribution in [2.45, 2.75) is 0 Å². The molecule has 1 heterocycles. The second-order valence-electron chi connectivity index (χ2n) is 3.90. The van der Waals surface area contributed by atoms with E-state index in [9.17, 15) is 10.2 Å². The average Bonchev–Trinajstić information content (AvgIpc) is 2.77. The maximum atomic E-state index is 9.89. The first kappa shape index (κ1) is 11.1. The van der Waals surface area contributed by atoms with Crippen LogP contribution in [0.1, 0.15) is 0 Å². The molecular weight excluding hydrogens is 296 g/mol. The van der Waals surface area contributed by atoms with Gasteiger partial charge in [0.1, 0.15) is 17.3 Å². The van der Waals surface area contributed by atoms with E-state index in [-0.39, 0.29) is 11.5 Å². The van der Waals surface area contributed by atoms with Crippen molar-refractivity contribution in [3.63, 3.8) is 0 Å². The lowest BCUT2D eigenvalue weighted by molar-refractivity contribution is 0.458. The standard InChI is InChI=1S/C13H9BrN2O2/c14-12-10(18)6-5-9(17)11(12)13-15-7-3-1-2-4-8(7)16-13/h1-6,17-18H,(H,15,16). The van der Waals surface area contributed by atoms with Crippen molar-refractivity contribution in [1.82, 2.24) is 9.97 Å². The number of para-hydroxylation sites is 2. The van der Waals surface area contributed by atoms with Gasteiger partial charge in [-0.1, -0.05) is 12.1 Å². The van der Waals surface area contributed by atoms with Crippen LogP contribution in [-0.4, -0.2) is 20.2 Å². The fourth-order valence-electron chi connectivity index (χ4n) is 1.85. The van der Waals surface area contributed by atoms with Gasteiger partial charge in [0.15, 0.2) is 0 Å². The highest BCUT2D eigenvalue weighted by atomic mass is 79.9. The van der Waals surface area contributed by atoms with E-state index in [1.165, 1.54) is 12.1 Å². The lowest BCUT2D eigenvalue weighted by atomic mass is 10.2. The second kappa shape index (κ2) is 4.03. The van der Waals surface area contributed by atoms with Gasteiger partial charge in [0.2, 0.25) is 0 Å². The van der Waals surface area contributed by atoms with E-state index >= 15 is 0 Å². The molecule has 18 heavy (non-hydrogen) atoms. The van der Waals surface area contributed by atoms with Crippen molar-refractivity contribution in [3.8, 4) is 22.9 Å². The Kier molecular flexibility index (Phi) is 2.48. The fourth-order valence-corrected chi connectivity index (χ4v) is 2.37. The molecule has 0 unspecified atom stereocenters. The topological polar surface area (TPSA) is 69.1 Å². The molecule has 3 rings (SSSR count). The molecule has 2 aromatic carbocycles. The monoisotopic (exact) mass is 304 g/mol. The highest BCUT2D eigenvalue weighted by Gasteiger charge is 2.15. The smallest absolute Gasteiger partial charge is 0.143 e. The van der Waals surface area contributed by atoms with Crippen LogP contribution in [0, 0.1) is 0 Å². The number of nitrogens with one attached hydrogen (secondary N) is 1. The Morgan fingerprint density at radius 1 is 1.00 bits per heavy atom. The third kappa shape index (κ3) is 1.64. The summed E-state index contributed by atoms with van der Waals surface area (Å²) in [4.78, 5) is 7.50. The Hall–Kier alpha value is -2.01. The molecule has 4 nitrogen and oxygen atoms in total. The first-order valence-electron chi connectivity index (χ1n) is 5.32. The van der Waals surface area contributed by atoms with Crippen LogP contribution in [-0.2, 0) is 0 Å². The molecule has 0 spiro atoms. The Morgan fingerprint density at radius 2 is 1.72 bits per heavy atom. The van der Waals surface area contributed by atoms with Crippen LogP contribution in [0.15, 0.2) is 40.9 Å². The number of phenols is 2.